The molecule has 0 aromatic heterocycles. The van der Waals surface area contributed by atoms with Gasteiger partial charge in [0, 0.05) is 18.4 Å². The van der Waals surface area contributed by atoms with Gasteiger partial charge in [-0.2, -0.15) is 11.8 Å². The zero-order valence-electron chi connectivity index (χ0n) is 13.0. The van der Waals surface area contributed by atoms with Crippen LogP contribution in [-0.4, -0.2) is 36.3 Å². The third-order valence-electron chi connectivity index (χ3n) is 5.70. The molecule has 0 aromatic carbocycles. The molecular weight excluding hydrogens is 266 g/mol. The normalized spacial score (nSPS) is 36.8. The van der Waals surface area contributed by atoms with E-state index in [0.29, 0.717) is 0 Å². The predicted octanol–water partition coefficient (Wildman–Crippen LogP) is 3.85. The van der Waals surface area contributed by atoms with Crippen molar-refractivity contribution in [2.24, 2.45) is 11.8 Å². The fourth-order valence-corrected chi connectivity index (χ4v) is 5.96. The van der Waals surface area contributed by atoms with Gasteiger partial charge in [-0.05, 0) is 49.8 Å². The van der Waals surface area contributed by atoms with Crippen LogP contribution in [0.25, 0.3) is 0 Å². The van der Waals surface area contributed by atoms with Crippen LogP contribution in [0.15, 0.2) is 0 Å². The minimum atomic E-state index is 0.247. The first-order valence-electron chi connectivity index (χ1n) is 8.76. The van der Waals surface area contributed by atoms with Crippen molar-refractivity contribution in [3.63, 3.8) is 0 Å². The molecule has 1 saturated carbocycles. The van der Waals surface area contributed by atoms with Gasteiger partial charge in [-0.3, -0.25) is 0 Å². The lowest BCUT2D eigenvalue weighted by Gasteiger charge is -2.41. The average Bonchev–Trinajstić information content (AvgIpc) is 3.11. The standard InChI is InChI=1S/C17H31NOS/c1-2-18-16(11-14-5-3-4-6-14)15-7-9-19-17(12-15)8-10-20-13-17/h14-16,18H,2-13H2,1H3. The van der Waals surface area contributed by atoms with E-state index in [1.165, 1.54) is 62.9 Å². The van der Waals surface area contributed by atoms with Crippen molar-refractivity contribution >= 4 is 11.8 Å². The Balaban J connectivity index is 1.60. The quantitative estimate of drug-likeness (QED) is 0.833. The van der Waals surface area contributed by atoms with E-state index in [-0.39, 0.29) is 5.60 Å². The van der Waals surface area contributed by atoms with Crippen LogP contribution >= 0.6 is 11.8 Å². The lowest BCUT2D eigenvalue weighted by Crippen LogP contribution is -2.47. The molecule has 2 nitrogen and oxygen atoms in total. The number of thioether (sulfide) groups is 1. The molecule has 0 amide bonds. The maximum atomic E-state index is 6.21. The highest BCUT2D eigenvalue weighted by atomic mass is 32.2. The summed E-state index contributed by atoms with van der Waals surface area (Å²) >= 11 is 2.09. The van der Waals surface area contributed by atoms with Crippen LogP contribution in [0.1, 0.15) is 58.3 Å². The van der Waals surface area contributed by atoms with Gasteiger partial charge in [0.1, 0.15) is 0 Å². The molecule has 3 heteroatoms. The summed E-state index contributed by atoms with van der Waals surface area (Å²) in [7, 11) is 0. The molecule has 2 heterocycles. The van der Waals surface area contributed by atoms with E-state index in [1.54, 1.807) is 0 Å². The largest absolute Gasteiger partial charge is 0.374 e. The zero-order valence-corrected chi connectivity index (χ0v) is 13.9. The fraction of sp³-hybridized carbons (Fsp3) is 1.00. The zero-order chi connectivity index (χ0) is 13.8. The van der Waals surface area contributed by atoms with Gasteiger partial charge in [-0.1, -0.05) is 32.6 Å². The maximum Gasteiger partial charge on any atom is 0.0783 e. The summed E-state index contributed by atoms with van der Waals surface area (Å²) in [4.78, 5) is 0. The number of hydrogen-bond donors (Lipinski definition) is 1. The number of rotatable bonds is 5. The molecular formula is C17H31NOS. The molecule has 2 aliphatic heterocycles. The first-order valence-corrected chi connectivity index (χ1v) is 9.92. The molecule has 1 spiro atoms. The Morgan fingerprint density at radius 2 is 2.15 bits per heavy atom. The van der Waals surface area contributed by atoms with E-state index in [1.807, 2.05) is 0 Å². The van der Waals surface area contributed by atoms with Crippen LogP contribution in [0, 0.1) is 11.8 Å². The first-order chi connectivity index (χ1) is 9.81. The molecule has 0 radical (unpaired) electrons. The third-order valence-corrected chi connectivity index (χ3v) is 6.92. The lowest BCUT2D eigenvalue weighted by molar-refractivity contribution is -0.0861. The van der Waals surface area contributed by atoms with E-state index in [2.05, 4.69) is 24.0 Å². The van der Waals surface area contributed by atoms with Crippen LogP contribution < -0.4 is 5.32 Å². The molecule has 0 bridgehead atoms. The Kier molecular flexibility index (Phi) is 5.33. The minimum absolute atomic E-state index is 0.247. The second-order valence-electron chi connectivity index (χ2n) is 7.14. The van der Waals surface area contributed by atoms with Gasteiger partial charge in [0.05, 0.1) is 5.60 Å². The first kappa shape index (κ1) is 15.2. The van der Waals surface area contributed by atoms with Crippen molar-refractivity contribution in [2.45, 2.75) is 69.9 Å². The smallest absolute Gasteiger partial charge is 0.0783 e. The van der Waals surface area contributed by atoms with Crippen LogP contribution in [-0.2, 0) is 4.74 Å². The summed E-state index contributed by atoms with van der Waals surface area (Å²) in [5.74, 6) is 4.39. The summed E-state index contributed by atoms with van der Waals surface area (Å²) in [6.07, 6.45) is 11.2. The molecule has 1 N–H and O–H groups in total. The summed E-state index contributed by atoms with van der Waals surface area (Å²) in [5, 5.41) is 3.82. The number of ether oxygens (including phenoxy) is 1. The molecule has 116 valence electrons. The van der Waals surface area contributed by atoms with Crippen LogP contribution in [0.5, 0.6) is 0 Å². The predicted molar refractivity (Wildman–Crippen MR) is 87.4 cm³/mol. The minimum Gasteiger partial charge on any atom is -0.374 e. The van der Waals surface area contributed by atoms with Crippen molar-refractivity contribution in [1.29, 1.82) is 0 Å². The van der Waals surface area contributed by atoms with E-state index in [9.17, 15) is 0 Å². The summed E-state index contributed by atoms with van der Waals surface area (Å²) in [6, 6.07) is 0.745. The summed E-state index contributed by atoms with van der Waals surface area (Å²) in [5.41, 5.74) is 0.247. The molecule has 1 aliphatic carbocycles. The monoisotopic (exact) mass is 297 g/mol. The van der Waals surface area contributed by atoms with Gasteiger partial charge in [0.15, 0.2) is 0 Å². The maximum absolute atomic E-state index is 6.21. The number of nitrogens with one attached hydrogen (secondary N) is 1. The van der Waals surface area contributed by atoms with E-state index in [0.717, 1.165) is 31.0 Å². The van der Waals surface area contributed by atoms with E-state index < -0.39 is 0 Å². The van der Waals surface area contributed by atoms with Gasteiger partial charge < -0.3 is 10.1 Å². The molecule has 20 heavy (non-hydrogen) atoms. The Hall–Kier alpha value is 0.270. The van der Waals surface area contributed by atoms with Crippen LogP contribution in [0.4, 0.5) is 0 Å². The van der Waals surface area contributed by atoms with Gasteiger partial charge in [-0.25, -0.2) is 0 Å². The van der Waals surface area contributed by atoms with Gasteiger partial charge in [0.25, 0.3) is 0 Å². The number of hydrogen-bond acceptors (Lipinski definition) is 3. The van der Waals surface area contributed by atoms with Crippen LogP contribution in [0.2, 0.25) is 0 Å². The molecule has 3 atom stereocenters. The third kappa shape index (κ3) is 3.53. The van der Waals surface area contributed by atoms with Gasteiger partial charge >= 0.3 is 0 Å². The second kappa shape index (κ2) is 7.02. The molecule has 3 unspecified atom stereocenters. The molecule has 3 aliphatic rings. The van der Waals surface area contributed by atoms with Crippen molar-refractivity contribution in [2.75, 3.05) is 24.7 Å². The van der Waals surface area contributed by atoms with Crippen molar-refractivity contribution in [1.82, 2.24) is 5.32 Å². The molecule has 2 saturated heterocycles. The SMILES string of the molecule is CCNC(CC1CCCC1)C1CCOC2(CCSC2)C1. The Labute approximate surface area is 128 Å². The highest BCUT2D eigenvalue weighted by molar-refractivity contribution is 7.99. The lowest BCUT2D eigenvalue weighted by atomic mass is 9.78. The molecule has 3 rings (SSSR count). The average molecular weight is 298 g/mol. The van der Waals surface area contributed by atoms with E-state index in [4.69, 9.17) is 4.74 Å². The van der Waals surface area contributed by atoms with Crippen LogP contribution in [0.3, 0.4) is 0 Å². The summed E-state index contributed by atoms with van der Waals surface area (Å²) < 4.78 is 6.21. The topological polar surface area (TPSA) is 21.3 Å². The molecule has 3 fully saturated rings. The van der Waals surface area contributed by atoms with Gasteiger partial charge in [0.2, 0.25) is 0 Å². The van der Waals surface area contributed by atoms with Crippen molar-refractivity contribution in [3.05, 3.63) is 0 Å². The fourth-order valence-electron chi connectivity index (χ4n) is 4.58. The Bertz CT molecular complexity index is 295. The van der Waals surface area contributed by atoms with Gasteiger partial charge in [-0.15, -0.1) is 0 Å². The van der Waals surface area contributed by atoms with Crippen molar-refractivity contribution < 1.29 is 4.74 Å². The Morgan fingerprint density at radius 1 is 1.30 bits per heavy atom. The van der Waals surface area contributed by atoms with E-state index >= 15 is 0 Å². The highest BCUT2D eigenvalue weighted by Gasteiger charge is 2.42. The molecule has 0 aromatic rings. The summed E-state index contributed by atoms with van der Waals surface area (Å²) in [6.45, 7) is 4.39. The Morgan fingerprint density at radius 3 is 2.85 bits per heavy atom. The van der Waals surface area contributed by atoms with Crippen molar-refractivity contribution in [3.8, 4) is 0 Å². The highest BCUT2D eigenvalue weighted by Crippen LogP contribution is 2.42. The second-order valence-corrected chi connectivity index (χ2v) is 8.24.